The van der Waals surface area contributed by atoms with Crippen LogP contribution >= 0.6 is 11.8 Å². The van der Waals surface area contributed by atoms with Gasteiger partial charge in [-0.25, -0.2) is 0 Å². The summed E-state index contributed by atoms with van der Waals surface area (Å²) in [4.78, 5) is 2.71. The summed E-state index contributed by atoms with van der Waals surface area (Å²) in [6.07, 6.45) is 6.55. The normalized spacial score (nSPS) is 40.3. The van der Waals surface area contributed by atoms with Gasteiger partial charge in [-0.3, -0.25) is 4.90 Å². The van der Waals surface area contributed by atoms with Crippen molar-refractivity contribution in [3.63, 3.8) is 0 Å². The fraction of sp³-hybridized carbons (Fsp3) is 1.00. The Morgan fingerprint density at radius 3 is 2.86 bits per heavy atom. The minimum Gasteiger partial charge on any atom is -0.312 e. The molecule has 1 aliphatic heterocycles. The Balaban J connectivity index is 1.83. The average Bonchev–Trinajstić information content (AvgIpc) is 2.66. The number of nitrogens with zero attached hydrogens (tertiary/aromatic N) is 1. The first kappa shape index (κ1) is 10.8. The first-order valence-electron chi connectivity index (χ1n) is 5.80. The average molecular weight is 214 g/mol. The molecule has 1 heterocycles. The highest BCUT2D eigenvalue weighted by Gasteiger charge is 2.30. The zero-order chi connectivity index (χ0) is 9.97. The van der Waals surface area contributed by atoms with Gasteiger partial charge in [-0.05, 0) is 32.4 Å². The summed E-state index contributed by atoms with van der Waals surface area (Å²) in [6, 6.07) is 1.58. The van der Waals surface area contributed by atoms with Crippen LogP contribution in [0.15, 0.2) is 0 Å². The van der Waals surface area contributed by atoms with Gasteiger partial charge in [0.2, 0.25) is 0 Å². The number of piperazine rings is 1. The molecule has 2 nitrogen and oxygen atoms in total. The van der Waals surface area contributed by atoms with Crippen LogP contribution in [0.4, 0.5) is 0 Å². The molecule has 0 aromatic heterocycles. The third-order valence-corrected chi connectivity index (χ3v) is 4.70. The van der Waals surface area contributed by atoms with Crippen LogP contribution in [0.25, 0.3) is 0 Å². The van der Waals surface area contributed by atoms with Crippen LogP contribution in [-0.2, 0) is 0 Å². The molecule has 1 aliphatic carbocycles. The maximum atomic E-state index is 3.51. The second-order valence-electron chi connectivity index (χ2n) is 4.67. The molecule has 82 valence electrons. The number of rotatable bonds is 2. The quantitative estimate of drug-likeness (QED) is 0.751. The smallest absolute Gasteiger partial charge is 0.0167 e. The molecule has 3 unspecified atom stereocenters. The molecule has 3 heteroatoms. The van der Waals surface area contributed by atoms with E-state index in [0.717, 1.165) is 11.3 Å². The van der Waals surface area contributed by atoms with Crippen molar-refractivity contribution in [2.24, 2.45) is 0 Å². The number of nitrogens with one attached hydrogen (secondary N) is 1. The predicted molar refractivity (Wildman–Crippen MR) is 64.0 cm³/mol. The Morgan fingerprint density at radius 1 is 1.36 bits per heavy atom. The van der Waals surface area contributed by atoms with Gasteiger partial charge in [-0.2, -0.15) is 11.8 Å². The molecular formula is C11H22N2S. The van der Waals surface area contributed by atoms with Gasteiger partial charge in [0.1, 0.15) is 0 Å². The molecule has 14 heavy (non-hydrogen) atoms. The molecule has 1 N–H and O–H groups in total. The van der Waals surface area contributed by atoms with Crippen LogP contribution < -0.4 is 5.32 Å². The summed E-state index contributed by atoms with van der Waals surface area (Å²) in [5, 5.41) is 4.45. The van der Waals surface area contributed by atoms with E-state index in [0.29, 0.717) is 6.04 Å². The molecule has 1 saturated carbocycles. The molecule has 2 fully saturated rings. The topological polar surface area (TPSA) is 15.3 Å². The Hall–Kier alpha value is 0.270. The van der Waals surface area contributed by atoms with E-state index in [4.69, 9.17) is 0 Å². The van der Waals surface area contributed by atoms with Crippen molar-refractivity contribution in [2.45, 2.75) is 43.5 Å². The molecule has 2 rings (SSSR count). The minimum atomic E-state index is 0.692. The van der Waals surface area contributed by atoms with Gasteiger partial charge in [-0.15, -0.1) is 0 Å². The highest BCUT2D eigenvalue weighted by atomic mass is 32.2. The Labute approximate surface area is 91.8 Å². The van der Waals surface area contributed by atoms with Crippen molar-refractivity contribution in [1.29, 1.82) is 0 Å². The van der Waals surface area contributed by atoms with E-state index >= 15 is 0 Å². The van der Waals surface area contributed by atoms with Crippen LogP contribution in [0.3, 0.4) is 0 Å². The molecule has 2 aliphatic rings. The molecule has 3 atom stereocenters. The molecular weight excluding hydrogens is 192 g/mol. The summed E-state index contributed by atoms with van der Waals surface area (Å²) in [5.74, 6) is 0. The van der Waals surface area contributed by atoms with Crippen molar-refractivity contribution in [1.82, 2.24) is 10.2 Å². The third kappa shape index (κ3) is 2.44. The van der Waals surface area contributed by atoms with E-state index in [9.17, 15) is 0 Å². The molecule has 0 aromatic carbocycles. The fourth-order valence-corrected chi connectivity index (χ4v) is 3.54. The van der Waals surface area contributed by atoms with Gasteiger partial charge >= 0.3 is 0 Å². The van der Waals surface area contributed by atoms with Gasteiger partial charge in [0.05, 0.1) is 0 Å². The molecule has 0 amide bonds. The Kier molecular flexibility index (Phi) is 3.74. The standard InChI is InChI=1S/C11H22N2S/c1-9-8-13(6-5-12-9)10-3-4-11(7-10)14-2/h9-12H,3-8H2,1-2H3. The zero-order valence-corrected chi connectivity index (χ0v) is 10.1. The molecule has 0 aromatic rings. The Morgan fingerprint density at radius 2 is 2.21 bits per heavy atom. The largest absolute Gasteiger partial charge is 0.312 e. The number of thioether (sulfide) groups is 1. The minimum absolute atomic E-state index is 0.692. The lowest BCUT2D eigenvalue weighted by Crippen LogP contribution is -2.52. The maximum Gasteiger partial charge on any atom is 0.0167 e. The van der Waals surface area contributed by atoms with E-state index in [1.807, 2.05) is 0 Å². The highest BCUT2D eigenvalue weighted by Crippen LogP contribution is 2.31. The van der Waals surface area contributed by atoms with Gasteiger partial charge in [0, 0.05) is 37.0 Å². The Bertz CT molecular complexity index is 186. The zero-order valence-electron chi connectivity index (χ0n) is 9.33. The van der Waals surface area contributed by atoms with Gasteiger partial charge < -0.3 is 5.32 Å². The summed E-state index contributed by atoms with van der Waals surface area (Å²) in [7, 11) is 0. The van der Waals surface area contributed by atoms with E-state index in [2.05, 4.69) is 35.2 Å². The summed E-state index contributed by atoms with van der Waals surface area (Å²) in [6.45, 7) is 6.00. The lowest BCUT2D eigenvalue weighted by atomic mass is 10.1. The maximum absolute atomic E-state index is 3.51. The summed E-state index contributed by atoms with van der Waals surface area (Å²) < 4.78 is 0. The second kappa shape index (κ2) is 4.86. The van der Waals surface area contributed by atoms with E-state index in [1.54, 1.807) is 0 Å². The van der Waals surface area contributed by atoms with Crippen molar-refractivity contribution >= 4 is 11.8 Å². The van der Waals surface area contributed by atoms with Crippen molar-refractivity contribution in [2.75, 3.05) is 25.9 Å². The van der Waals surface area contributed by atoms with Crippen molar-refractivity contribution in [3.8, 4) is 0 Å². The van der Waals surface area contributed by atoms with Crippen LogP contribution in [0.5, 0.6) is 0 Å². The second-order valence-corrected chi connectivity index (χ2v) is 5.81. The van der Waals surface area contributed by atoms with Crippen molar-refractivity contribution in [3.05, 3.63) is 0 Å². The molecule has 1 saturated heterocycles. The number of hydrogen-bond acceptors (Lipinski definition) is 3. The summed E-state index contributed by atoms with van der Waals surface area (Å²) >= 11 is 2.06. The first-order valence-corrected chi connectivity index (χ1v) is 7.08. The van der Waals surface area contributed by atoms with Gasteiger partial charge in [-0.1, -0.05) is 0 Å². The first-order chi connectivity index (χ1) is 6.79. The predicted octanol–water partition coefficient (Wildman–Crippen LogP) is 1.56. The van der Waals surface area contributed by atoms with E-state index in [-0.39, 0.29) is 0 Å². The van der Waals surface area contributed by atoms with Crippen molar-refractivity contribution < 1.29 is 0 Å². The molecule has 0 spiro atoms. The van der Waals surface area contributed by atoms with E-state index < -0.39 is 0 Å². The lowest BCUT2D eigenvalue weighted by molar-refractivity contribution is 0.151. The highest BCUT2D eigenvalue weighted by molar-refractivity contribution is 7.99. The SMILES string of the molecule is CSC1CCC(N2CCNC(C)C2)C1. The van der Waals surface area contributed by atoms with Crippen LogP contribution in [0.2, 0.25) is 0 Å². The lowest BCUT2D eigenvalue weighted by Gasteiger charge is -2.36. The van der Waals surface area contributed by atoms with E-state index in [1.165, 1.54) is 38.9 Å². The number of hydrogen-bond donors (Lipinski definition) is 1. The fourth-order valence-electron chi connectivity index (χ4n) is 2.76. The summed E-state index contributed by atoms with van der Waals surface area (Å²) in [5.41, 5.74) is 0. The van der Waals surface area contributed by atoms with Gasteiger partial charge in [0.15, 0.2) is 0 Å². The molecule has 0 radical (unpaired) electrons. The third-order valence-electron chi connectivity index (χ3n) is 3.61. The van der Waals surface area contributed by atoms with Crippen LogP contribution in [0.1, 0.15) is 26.2 Å². The monoisotopic (exact) mass is 214 g/mol. The molecule has 0 bridgehead atoms. The van der Waals surface area contributed by atoms with Crippen LogP contribution in [-0.4, -0.2) is 48.1 Å². The van der Waals surface area contributed by atoms with Crippen LogP contribution in [0, 0.1) is 0 Å². The van der Waals surface area contributed by atoms with Gasteiger partial charge in [0.25, 0.3) is 0 Å².